The highest BCUT2D eigenvalue weighted by atomic mass is 19.3. The molecule has 0 N–H and O–H groups in total. The maximum atomic E-state index is 12.7. The summed E-state index contributed by atoms with van der Waals surface area (Å²) >= 11 is 0. The molecule has 0 unspecified atom stereocenters. The van der Waals surface area contributed by atoms with E-state index in [1.807, 2.05) is 0 Å². The first-order valence-corrected chi connectivity index (χ1v) is 3.44. The zero-order valence-corrected chi connectivity index (χ0v) is 6.67. The molecule has 1 aromatic heterocycles. The van der Waals surface area contributed by atoms with Crippen molar-refractivity contribution in [1.29, 1.82) is 5.26 Å². The number of halogens is 3. The van der Waals surface area contributed by atoms with Crippen LogP contribution in [0, 0.1) is 17.3 Å². The van der Waals surface area contributed by atoms with Gasteiger partial charge < -0.3 is 0 Å². The number of aldehydes is 1. The minimum absolute atomic E-state index is 0.136. The first-order chi connectivity index (χ1) is 6.60. The van der Waals surface area contributed by atoms with E-state index in [9.17, 15) is 18.0 Å². The van der Waals surface area contributed by atoms with Crippen LogP contribution in [0.5, 0.6) is 0 Å². The van der Waals surface area contributed by atoms with E-state index in [1.54, 1.807) is 0 Å². The number of rotatable bonds is 2. The van der Waals surface area contributed by atoms with Crippen LogP contribution in [0.3, 0.4) is 0 Å². The molecule has 0 amide bonds. The van der Waals surface area contributed by atoms with Crippen molar-refractivity contribution < 1.29 is 18.0 Å². The highest BCUT2D eigenvalue weighted by Gasteiger charge is 2.18. The van der Waals surface area contributed by atoms with Gasteiger partial charge in [0.05, 0.1) is 11.1 Å². The monoisotopic (exact) mass is 200 g/mol. The van der Waals surface area contributed by atoms with Crippen molar-refractivity contribution >= 4 is 6.29 Å². The minimum atomic E-state index is -3.06. The Morgan fingerprint density at radius 3 is 2.64 bits per heavy atom. The normalized spacial score (nSPS) is 9.93. The highest BCUT2D eigenvalue weighted by molar-refractivity contribution is 5.76. The highest BCUT2D eigenvalue weighted by Crippen LogP contribution is 2.22. The van der Waals surface area contributed by atoms with Crippen LogP contribution in [0.15, 0.2) is 6.07 Å². The number of carbonyl (C=O) groups excluding carboxylic acids is 1. The third-order valence-corrected chi connectivity index (χ3v) is 1.50. The second-order valence-electron chi connectivity index (χ2n) is 2.33. The van der Waals surface area contributed by atoms with Crippen LogP contribution in [0.4, 0.5) is 13.2 Å². The summed E-state index contributed by atoms with van der Waals surface area (Å²) in [5, 5.41) is 8.43. The van der Waals surface area contributed by atoms with Crippen molar-refractivity contribution in [2.45, 2.75) is 6.43 Å². The Bertz CT molecular complexity index is 412. The number of hydrogen-bond donors (Lipinski definition) is 0. The Morgan fingerprint density at radius 1 is 1.57 bits per heavy atom. The molecule has 14 heavy (non-hydrogen) atoms. The van der Waals surface area contributed by atoms with Gasteiger partial charge in [0.1, 0.15) is 11.8 Å². The van der Waals surface area contributed by atoms with Crippen molar-refractivity contribution in [2.24, 2.45) is 0 Å². The fourth-order valence-corrected chi connectivity index (χ4v) is 0.852. The van der Waals surface area contributed by atoms with Crippen LogP contribution in [-0.4, -0.2) is 11.3 Å². The van der Waals surface area contributed by atoms with Gasteiger partial charge in [-0.1, -0.05) is 0 Å². The van der Waals surface area contributed by atoms with E-state index < -0.39 is 23.6 Å². The van der Waals surface area contributed by atoms with Crippen LogP contribution in [0.2, 0.25) is 0 Å². The molecule has 0 radical (unpaired) electrons. The third kappa shape index (κ3) is 1.71. The molecule has 1 heterocycles. The molecule has 0 spiro atoms. The van der Waals surface area contributed by atoms with E-state index >= 15 is 0 Å². The van der Waals surface area contributed by atoms with Crippen molar-refractivity contribution in [3.63, 3.8) is 0 Å². The average molecular weight is 200 g/mol. The smallest absolute Gasteiger partial charge is 0.268 e. The van der Waals surface area contributed by atoms with Gasteiger partial charge in [0.25, 0.3) is 6.43 Å². The summed E-state index contributed by atoms with van der Waals surface area (Å²) in [7, 11) is 0. The molecular weight excluding hydrogens is 197 g/mol. The first kappa shape index (κ1) is 10.2. The summed E-state index contributed by atoms with van der Waals surface area (Å²) in [5.41, 5.74) is -1.82. The Hall–Kier alpha value is -1.90. The zero-order valence-electron chi connectivity index (χ0n) is 6.67. The van der Waals surface area contributed by atoms with Crippen LogP contribution in [0.1, 0.15) is 28.0 Å². The predicted molar refractivity (Wildman–Crippen MR) is 39.3 cm³/mol. The lowest BCUT2D eigenvalue weighted by atomic mass is 10.1. The molecule has 0 bridgehead atoms. The lowest BCUT2D eigenvalue weighted by molar-refractivity contribution is 0.111. The lowest BCUT2D eigenvalue weighted by Crippen LogP contribution is -2.01. The molecule has 6 heteroatoms. The molecule has 3 nitrogen and oxygen atoms in total. The van der Waals surface area contributed by atoms with Gasteiger partial charge in [-0.3, -0.25) is 4.79 Å². The number of alkyl halides is 2. The topological polar surface area (TPSA) is 53.8 Å². The Morgan fingerprint density at radius 2 is 2.21 bits per heavy atom. The van der Waals surface area contributed by atoms with Gasteiger partial charge in [-0.2, -0.15) is 9.65 Å². The van der Waals surface area contributed by atoms with E-state index in [2.05, 4.69) is 4.98 Å². The SMILES string of the molecule is N#Cc1cc(C(F)F)c(F)nc1C=O. The molecule has 0 aliphatic carbocycles. The van der Waals surface area contributed by atoms with Crippen LogP contribution in [0.25, 0.3) is 0 Å². The zero-order chi connectivity index (χ0) is 10.7. The Balaban J connectivity index is 3.39. The summed E-state index contributed by atoms with van der Waals surface area (Å²) in [4.78, 5) is 13.2. The second kappa shape index (κ2) is 3.87. The van der Waals surface area contributed by atoms with Gasteiger partial charge in [-0.25, -0.2) is 13.8 Å². The summed E-state index contributed by atoms with van der Waals surface area (Å²) < 4.78 is 36.9. The molecule has 0 aliphatic heterocycles. The van der Waals surface area contributed by atoms with Crippen molar-refractivity contribution in [1.82, 2.24) is 4.98 Å². The fourth-order valence-electron chi connectivity index (χ4n) is 0.852. The molecular formula is C8H3F3N2O. The van der Waals surface area contributed by atoms with Gasteiger partial charge in [0, 0.05) is 0 Å². The molecule has 0 atom stereocenters. The quantitative estimate of drug-likeness (QED) is 0.540. The molecule has 0 aliphatic rings. The van der Waals surface area contributed by atoms with Crippen LogP contribution >= 0.6 is 0 Å². The van der Waals surface area contributed by atoms with Crippen molar-refractivity contribution in [3.8, 4) is 6.07 Å². The molecule has 0 aromatic carbocycles. The summed E-state index contributed by atoms with van der Waals surface area (Å²) in [6, 6.07) is 2.10. The van der Waals surface area contributed by atoms with E-state index in [1.165, 1.54) is 6.07 Å². The molecule has 0 saturated carbocycles. The molecule has 1 aromatic rings. The number of hydrogen-bond acceptors (Lipinski definition) is 3. The number of aromatic nitrogens is 1. The Kier molecular flexibility index (Phi) is 2.82. The van der Waals surface area contributed by atoms with Gasteiger partial charge in [0.2, 0.25) is 5.95 Å². The maximum absolute atomic E-state index is 12.7. The van der Waals surface area contributed by atoms with Crippen molar-refractivity contribution in [3.05, 3.63) is 28.8 Å². The first-order valence-electron chi connectivity index (χ1n) is 3.44. The number of carbonyl (C=O) groups is 1. The molecule has 1 rings (SSSR count). The number of nitriles is 1. The lowest BCUT2D eigenvalue weighted by Gasteiger charge is -2.02. The number of pyridine rings is 1. The average Bonchev–Trinajstić information content (AvgIpc) is 2.16. The van der Waals surface area contributed by atoms with Gasteiger partial charge >= 0.3 is 0 Å². The van der Waals surface area contributed by atoms with E-state index in [0.717, 1.165) is 0 Å². The Labute approximate surface area is 76.8 Å². The second-order valence-corrected chi connectivity index (χ2v) is 2.33. The predicted octanol–water partition coefficient (Wildman–Crippen LogP) is 1.84. The van der Waals surface area contributed by atoms with Crippen LogP contribution < -0.4 is 0 Å². The van der Waals surface area contributed by atoms with E-state index in [4.69, 9.17) is 5.26 Å². The number of nitrogens with zero attached hydrogens (tertiary/aromatic N) is 2. The molecule has 72 valence electrons. The van der Waals surface area contributed by atoms with Crippen LogP contribution in [-0.2, 0) is 0 Å². The van der Waals surface area contributed by atoms with Gasteiger partial charge in [0.15, 0.2) is 6.29 Å². The summed E-state index contributed by atoms with van der Waals surface area (Å²) in [5.74, 6) is -1.43. The third-order valence-electron chi connectivity index (χ3n) is 1.50. The summed E-state index contributed by atoms with van der Waals surface area (Å²) in [6.45, 7) is 0. The van der Waals surface area contributed by atoms with Crippen molar-refractivity contribution in [2.75, 3.05) is 0 Å². The van der Waals surface area contributed by atoms with E-state index in [-0.39, 0.29) is 11.8 Å². The van der Waals surface area contributed by atoms with E-state index in [0.29, 0.717) is 6.07 Å². The standard InChI is InChI=1S/C8H3F3N2O/c9-7(10)5-1-4(2-12)6(3-14)13-8(5)11/h1,3,7H. The van der Waals surface area contributed by atoms with Gasteiger partial charge in [-0.15, -0.1) is 0 Å². The summed E-state index contributed by atoms with van der Waals surface area (Å²) in [6.07, 6.45) is -2.92. The molecule has 0 fully saturated rings. The maximum Gasteiger partial charge on any atom is 0.268 e. The van der Waals surface area contributed by atoms with Gasteiger partial charge in [-0.05, 0) is 6.07 Å². The fraction of sp³-hybridized carbons (Fsp3) is 0.125. The largest absolute Gasteiger partial charge is 0.296 e. The molecule has 0 saturated heterocycles. The minimum Gasteiger partial charge on any atom is -0.296 e.